The molecule has 1 rings (SSSR count). The molecule has 5 nitrogen and oxygen atoms in total. The fourth-order valence-electron chi connectivity index (χ4n) is 1.86. The summed E-state index contributed by atoms with van der Waals surface area (Å²) in [7, 11) is -3.03. The minimum atomic E-state index is -3.03. The Morgan fingerprint density at radius 2 is 2.05 bits per heavy atom. The van der Waals surface area contributed by atoms with Crippen molar-refractivity contribution in [3.8, 4) is 0 Å². The van der Waals surface area contributed by atoms with E-state index in [1.807, 2.05) is 0 Å². The number of amides is 1. The van der Waals surface area contributed by atoms with Gasteiger partial charge in [-0.05, 0) is 31.5 Å². The van der Waals surface area contributed by atoms with Crippen LogP contribution in [0, 0.1) is 6.92 Å². The topological polar surface area (TPSA) is 89.3 Å². The highest BCUT2D eigenvalue weighted by molar-refractivity contribution is 7.91. The molecule has 0 aromatic heterocycles. The number of rotatable bonds is 6. The Bertz CT molecular complexity index is 567. The molecule has 0 aliphatic carbocycles. The summed E-state index contributed by atoms with van der Waals surface area (Å²) in [6, 6.07) is 4.94. The van der Waals surface area contributed by atoms with Crippen LogP contribution in [-0.2, 0) is 9.84 Å². The number of carbonyl (C=O) groups excluding carboxylic acids is 1. The van der Waals surface area contributed by atoms with E-state index in [2.05, 4.69) is 5.32 Å². The van der Waals surface area contributed by atoms with E-state index >= 15 is 0 Å². The van der Waals surface area contributed by atoms with Crippen LogP contribution in [0.5, 0.6) is 0 Å². The largest absolute Gasteiger partial charge is 0.381 e. The molecule has 1 unspecified atom stereocenters. The predicted octanol–water partition coefficient (Wildman–Crippen LogP) is 1.33. The second kappa shape index (κ2) is 6.06. The number of anilines is 1. The van der Waals surface area contributed by atoms with E-state index < -0.39 is 15.7 Å². The quantitative estimate of drug-likeness (QED) is 0.824. The first-order chi connectivity index (χ1) is 8.76. The number of nitrogens with one attached hydrogen (secondary N) is 1. The van der Waals surface area contributed by atoms with Crippen LogP contribution in [-0.4, -0.2) is 31.9 Å². The second-order valence-corrected chi connectivity index (χ2v) is 6.98. The number of primary amides is 1. The number of nitrogens with two attached hydrogens (primary N) is 1. The lowest BCUT2D eigenvalue weighted by atomic mass is 10.1. The Morgan fingerprint density at radius 3 is 2.58 bits per heavy atom. The molecule has 0 aliphatic rings. The second-order valence-electron chi connectivity index (χ2n) is 4.59. The molecule has 0 saturated carbocycles. The molecule has 1 atom stereocenters. The number of sulfone groups is 1. The summed E-state index contributed by atoms with van der Waals surface area (Å²) in [5.74, 6) is -0.307. The Balaban J connectivity index is 2.89. The van der Waals surface area contributed by atoms with Crippen LogP contribution in [0.2, 0.25) is 0 Å². The molecule has 0 fully saturated rings. The average Bonchev–Trinajstić information content (AvgIpc) is 2.30. The van der Waals surface area contributed by atoms with Gasteiger partial charge in [-0.2, -0.15) is 0 Å². The first-order valence-corrected chi connectivity index (χ1v) is 7.95. The van der Waals surface area contributed by atoms with Crippen LogP contribution in [0.25, 0.3) is 0 Å². The van der Waals surface area contributed by atoms with Gasteiger partial charge >= 0.3 is 0 Å². The first kappa shape index (κ1) is 15.5. The van der Waals surface area contributed by atoms with E-state index in [-0.39, 0.29) is 17.5 Å². The van der Waals surface area contributed by atoms with Gasteiger partial charge in [-0.1, -0.05) is 13.0 Å². The zero-order valence-corrected chi connectivity index (χ0v) is 12.3. The van der Waals surface area contributed by atoms with Crippen LogP contribution in [0.3, 0.4) is 0 Å². The van der Waals surface area contributed by atoms with Crippen molar-refractivity contribution in [1.82, 2.24) is 0 Å². The molecule has 0 spiro atoms. The van der Waals surface area contributed by atoms with Crippen molar-refractivity contribution < 1.29 is 13.2 Å². The van der Waals surface area contributed by atoms with Crippen LogP contribution in [0.1, 0.15) is 29.8 Å². The van der Waals surface area contributed by atoms with Gasteiger partial charge in [-0.3, -0.25) is 4.79 Å². The molecular weight excluding hydrogens is 264 g/mol. The molecule has 0 bridgehead atoms. The van der Waals surface area contributed by atoms with Crippen molar-refractivity contribution in [2.45, 2.75) is 26.8 Å². The van der Waals surface area contributed by atoms with Crippen molar-refractivity contribution in [3.63, 3.8) is 0 Å². The van der Waals surface area contributed by atoms with Crippen molar-refractivity contribution in [1.29, 1.82) is 0 Å². The molecule has 6 heteroatoms. The molecular formula is C13H20N2O3S. The van der Waals surface area contributed by atoms with Crippen molar-refractivity contribution in [2.24, 2.45) is 5.73 Å². The van der Waals surface area contributed by atoms with Crippen molar-refractivity contribution >= 4 is 21.4 Å². The summed E-state index contributed by atoms with van der Waals surface area (Å²) >= 11 is 0. The molecule has 1 aromatic carbocycles. The molecule has 0 aliphatic heterocycles. The summed E-state index contributed by atoms with van der Waals surface area (Å²) in [5.41, 5.74) is 7.18. The Kier molecular flexibility index (Phi) is 4.94. The highest BCUT2D eigenvalue weighted by Crippen LogP contribution is 2.19. The van der Waals surface area contributed by atoms with E-state index in [9.17, 15) is 13.2 Å². The van der Waals surface area contributed by atoms with Gasteiger partial charge in [0.05, 0.1) is 5.75 Å². The summed E-state index contributed by atoms with van der Waals surface area (Å²) in [6.45, 7) is 5.20. The predicted molar refractivity (Wildman–Crippen MR) is 77.1 cm³/mol. The van der Waals surface area contributed by atoms with Gasteiger partial charge in [0.25, 0.3) is 0 Å². The number of hydrogen-bond donors (Lipinski definition) is 2. The van der Waals surface area contributed by atoms with Crippen molar-refractivity contribution in [3.05, 3.63) is 29.3 Å². The van der Waals surface area contributed by atoms with Gasteiger partial charge in [0.1, 0.15) is 0 Å². The third-order valence-corrected chi connectivity index (χ3v) is 4.83. The van der Waals surface area contributed by atoms with Gasteiger partial charge in [0.15, 0.2) is 9.84 Å². The van der Waals surface area contributed by atoms with Gasteiger partial charge in [0.2, 0.25) is 5.91 Å². The van der Waals surface area contributed by atoms with Crippen LogP contribution < -0.4 is 11.1 Å². The fraction of sp³-hybridized carbons (Fsp3) is 0.462. The Hall–Kier alpha value is -1.56. The van der Waals surface area contributed by atoms with Crippen LogP contribution >= 0.6 is 0 Å². The molecule has 1 aromatic rings. The van der Waals surface area contributed by atoms with Crippen LogP contribution in [0.4, 0.5) is 5.69 Å². The monoisotopic (exact) mass is 284 g/mol. The van der Waals surface area contributed by atoms with E-state index in [4.69, 9.17) is 5.73 Å². The molecule has 3 N–H and O–H groups in total. The maximum Gasteiger partial charge on any atom is 0.249 e. The summed E-state index contributed by atoms with van der Waals surface area (Å²) in [5, 5.41) is 3.11. The van der Waals surface area contributed by atoms with E-state index in [0.29, 0.717) is 5.56 Å². The molecule has 1 amide bonds. The third kappa shape index (κ3) is 4.24. The molecule has 19 heavy (non-hydrogen) atoms. The zero-order chi connectivity index (χ0) is 14.6. The average molecular weight is 284 g/mol. The first-order valence-electron chi connectivity index (χ1n) is 6.13. The number of hydrogen-bond acceptors (Lipinski definition) is 4. The maximum atomic E-state index is 11.5. The van der Waals surface area contributed by atoms with E-state index in [1.54, 1.807) is 39.0 Å². The molecule has 0 radical (unpaired) electrons. The van der Waals surface area contributed by atoms with Crippen molar-refractivity contribution in [2.75, 3.05) is 16.8 Å². The fourth-order valence-corrected chi connectivity index (χ4v) is 2.95. The Labute approximate surface area is 114 Å². The SMILES string of the molecule is CCS(=O)(=O)CC(C)Nc1cccc(C(N)=O)c1C. The van der Waals surface area contributed by atoms with Gasteiger partial charge in [-0.25, -0.2) is 8.42 Å². The molecule has 106 valence electrons. The van der Waals surface area contributed by atoms with Gasteiger partial charge < -0.3 is 11.1 Å². The third-order valence-electron chi connectivity index (χ3n) is 2.94. The summed E-state index contributed by atoms with van der Waals surface area (Å²) in [6.07, 6.45) is 0. The minimum Gasteiger partial charge on any atom is -0.381 e. The standard InChI is InChI=1S/C13H20N2O3S/c1-4-19(17,18)8-9(2)15-12-7-5-6-11(10(12)3)13(14)16/h5-7,9,15H,4,8H2,1-3H3,(H2,14,16). The normalized spacial score (nSPS) is 13.0. The van der Waals surface area contributed by atoms with E-state index in [0.717, 1.165) is 11.3 Å². The summed E-state index contributed by atoms with van der Waals surface area (Å²) in [4.78, 5) is 11.2. The van der Waals surface area contributed by atoms with Gasteiger partial charge in [0, 0.05) is 23.0 Å². The molecule has 0 heterocycles. The highest BCUT2D eigenvalue weighted by Gasteiger charge is 2.15. The number of benzene rings is 1. The Morgan fingerprint density at radius 1 is 1.42 bits per heavy atom. The molecule has 0 saturated heterocycles. The maximum absolute atomic E-state index is 11.5. The summed E-state index contributed by atoms with van der Waals surface area (Å²) < 4.78 is 23.1. The zero-order valence-electron chi connectivity index (χ0n) is 11.4. The van der Waals surface area contributed by atoms with Crippen LogP contribution in [0.15, 0.2) is 18.2 Å². The van der Waals surface area contributed by atoms with Gasteiger partial charge in [-0.15, -0.1) is 0 Å². The smallest absolute Gasteiger partial charge is 0.249 e. The number of carbonyl (C=O) groups is 1. The lowest BCUT2D eigenvalue weighted by Crippen LogP contribution is -2.27. The minimum absolute atomic E-state index is 0.0593. The highest BCUT2D eigenvalue weighted by atomic mass is 32.2. The lowest BCUT2D eigenvalue weighted by molar-refractivity contribution is 0.0999. The van der Waals surface area contributed by atoms with E-state index in [1.165, 1.54) is 0 Å². The lowest BCUT2D eigenvalue weighted by Gasteiger charge is -2.17.